The first-order valence-corrected chi connectivity index (χ1v) is 7.17. The summed E-state index contributed by atoms with van der Waals surface area (Å²) in [6.45, 7) is 1.82. The van der Waals surface area contributed by atoms with Crippen molar-refractivity contribution in [1.82, 2.24) is 4.98 Å². The molecule has 0 radical (unpaired) electrons. The van der Waals surface area contributed by atoms with Crippen molar-refractivity contribution in [2.75, 3.05) is 18.0 Å². The monoisotopic (exact) mass is 307 g/mol. The van der Waals surface area contributed by atoms with Gasteiger partial charge in [0.2, 0.25) is 5.75 Å². The molecule has 21 heavy (non-hydrogen) atoms. The first-order chi connectivity index (χ1) is 10.1. The van der Waals surface area contributed by atoms with Crippen LogP contribution in [-0.2, 0) is 0 Å². The molecule has 2 aromatic rings. The van der Waals surface area contributed by atoms with Crippen LogP contribution in [0.15, 0.2) is 18.3 Å². The number of aromatic hydroxyl groups is 1. The normalized spacial score (nSPS) is 15.4. The highest BCUT2D eigenvalue weighted by molar-refractivity contribution is 6.37. The molecule has 0 spiro atoms. The molecule has 1 aromatic carbocycles. The van der Waals surface area contributed by atoms with Gasteiger partial charge in [-0.15, -0.1) is 0 Å². The zero-order valence-electron chi connectivity index (χ0n) is 11.3. The third kappa shape index (κ3) is 2.35. The van der Waals surface area contributed by atoms with Crippen LogP contribution in [-0.4, -0.2) is 28.1 Å². The van der Waals surface area contributed by atoms with Crippen LogP contribution in [0.4, 0.5) is 11.4 Å². The van der Waals surface area contributed by atoms with Crippen molar-refractivity contribution < 1.29 is 10.0 Å². The Morgan fingerprint density at radius 3 is 2.71 bits per heavy atom. The number of phenols is 1. The number of nitrogens with zero attached hydrogens (tertiary/aromatic N) is 3. The van der Waals surface area contributed by atoms with Gasteiger partial charge in [0.25, 0.3) is 0 Å². The quantitative estimate of drug-likeness (QED) is 0.678. The van der Waals surface area contributed by atoms with Crippen LogP contribution in [0.5, 0.6) is 5.75 Å². The van der Waals surface area contributed by atoms with Crippen LogP contribution in [0.25, 0.3) is 10.9 Å². The molecule has 1 aromatic heterocycles. The maximum absolute atomic E-state index is 11.0. The Morgan fingerprint density at radius 1 is 1.33 bits per heavy atom. The molecular weight excluding hydrogens is 294 g/mol. The second-order valence-corrected chi connectivity index (χ2v) is 5.49. The molecule has 0 aliphatic carbocycles. The van der Waals surface area contributed by atoms with Gasteiger partial charge < -0.3 is 10.0 Å². The Bertz CT molecular complexity index is 714. The number of hydrogen-bond acceptors (Lipinski definition) is 5. The smallest absolute Gasteiger partial charge is 0.314 e. The van der Waals surface area contributed by atoms with E-state index in [4.69, 9.17) is 11.6 Å². The third-order valence-electron chi connectivity index (χ3n) is 3.79. The second-order valence-electron chi connectivity index (χ2n) is 5.08. The third-order valence-corrected chi connectivity index (χ3v) is 4.09. The predicted octanol–water partition coefficient (Wildman–Crippen LogP) is 3.49. The number of fused-ring (bicyclic) bond motifs is 1. The summed E-state index contributed by atoms with van der Waals surface area (Å²) in [4.78, 5) is 16.6. The second kappa shape index (κ2) is 5.37. The van der Waals surface area contributed by atoms with Gasteiger partial charge in [-0.05, 0) is 25.3 Å². The average molecular weight is 308 g/mol. The zero-order valence-corrected chi connectivity index (χ0v) is 12.0. The van der Waals surface area contributed by atoms with Gasteiger partial charge in [-0.25, -0.2) is 0 Å². The van der Waals surface area contributed by atoms with Gasteiger partial charge in [-0.2, -0.15) is 0 Å². The lowest BCUT2D eigenvalue weighted by Gasteiger charge is -2.29. The Balaban J connectivity index is 2.23. The first-order valence-electron chi connectivity index (χ1n) is 6.79. The molecule has 0 amide bonds. The minimum absolute atomic E-state index is 0.178. The summed E-state index contributed by atoms with van der Waals surface area (Å²) < 4.78 is 0. The van der Waals surface area contributed by atoms with Crippen LogP contribution >= 0.6 is 11.6 Å². The number of aromatic nitrogens is 1. The number of pyridine rings is 1. The van der Waals surface area contributed by atoms with E-state index in [0.717, 1.165) is 31.6 Å². The number of halogens is 1. The lowest BCUT2D eigenvalue weighted by atomic mass is 10.1. The van der Waals surface area contributed by atoms with Crippen LogP contribution < -0.4 is 4.90 Å². The van der Waals surface area contributed by atoms with Crippen molar-refractivity contribution in [2.45, 2.75) is 19.3 Å². The minimum Gasteiger partial charge on any atom is -0.501 e. The molecule has 3 rings (SSSR count). The Hall–Kier alpha value is -2.08. The molecule has 1 N–H and O–H groups in total. The van der Waals surface area contributed by atoms with Gasteiger partial charge >= 0.3 is 5.69 Å². The van der Waals surface area contributed by atoms with E-state index in [1.807, 2.05) is 6.07 Å². The molecule has 0 atom stereocenters. The van der Waals surface area contributed by atoms with Crippen molar-refractivity contribution in [3.05, 3.63) is 33.5 Å². The number of nitro benzene ring substituents is 1. The van der Waals surface area contributed by atoms with Crippen molar-refractivity contribution in [2.24, 2.45) is 0 Å². The van der Waals surface area contributed by atoms with E-state index in [2.05, 4.69) is 9.88 Å². The fourth-order valence-corrected chi connectivity index (χ4v) is 3.08. The molecule has 1 fully saturated rings. The highest BCUT2D eigenvalue weighted by Gasteiger charge is 2.23. The molecule has 6 nitrogen and oxygen atoms in total. The highest BCUT2D eigenvalue weighted by atomic mass is 35.5. The summed E-state index contributed by atoms with van der Waals surface area (Å²) in [5, 5.41) is 21.9. The van der Waals surface area contributed by atoms with Crippen molar-refractivity contribution in [3.63, 3.8) is 0 Å². The summed E-state index contributed by atoms with van der Waals surface area (Å²) in [5.74, 6) is -0.432. The van der Waals surface area contributed by atoms with Gasteiger partial charge in [-0.1, -0.05) is 11.6 Å². The Kier molecular flexibility index (Phi) is 3.55. The lowest BCUT2D eigenvalue weighted by molar-refractivity contribution is -0.385. The van der Waals surface area contributed by atoms with Gasteiger partial charge in [0.15, 0.2) is 0 Å². The highest BCUT2D eigenvalue weighted by Crippen LogP contribution is 2.42. The van der Waals surface area contributed by atoms with E-state index >= 15 is 0 Å². The van der Waals surface area contributed by atoms with Crippen LogP contribution in [0, 0.1) is 10.1 Å². The van der Waals surface area contributed by atoms with Gasteiger partial charge in [0, 0.05) is 36.4 Å². The first kappa shape index (κ1) is 13.9. The molecule has 1 aliphatic heterocycles. The van der Waals surface area contributed by atoms with E-state index in [1.54, 1.807) is 6.20 Å². The number of hydrogen-bond donors (Lipinski definition) is 1. The number of piperidine rings is 1. The van der Waals surface area contributed by atoms with Crippen LogP contribution in [0.3, 0.4) is 0 Å². The van der Waals surface area contributed by atoms with Crippen molar-refractivity contribution in [1.29, 1.82) is 0 Å². The summed E-state index contributed by atoms with van der Waals surface area (Å²) in [6.07, 6.45) is 4.94. The molecule has 0 unspecified atom stereocenters. The minimum atomic E-state index is -0.657. The van der Waals surface area contributed by atoms with Crippen molar-refractivity contribution >= 4 is 33.9 Å². The van der Waals surface area contributed by atoms with Gasteiger partial charge in [0.1, 0.15) is 5.52 Å². The number of nitro groups is 1. The number of anilines is 1. The standard InChI is InChI=1S/C14H14ClN3O3/c15-9-8-11(18(20)21)14(19)13-12(9)10(4-5-16-13)17-6-2-1-3-7-17/h4-5,8,19H,1-3,6-7H2. The molecule has 1 saturated heterocycles. The van der Waals surface area contributed by atoms with Crippen molar-refractivity contribution in [3.8, 4) is 5.75 Å². The summed E-state index contributed by atoms with van der Waals surface area (Å²) in [5.41, 5.74) is 0.628. The molecular formula is C14H14ClN3O3. The largest absolute Gasteiger partial charge is 0.501 e. The average Bonchev–Trinajstić information content (AvgIpc) is 2.51. The molecule has 0 bridgehead atoms. The fraction of sp³-hybridized carbons (Fsp3) is 0.357. The Labute approximate surface area is 126 Å². The number of phenolic OH excluding ortho intramolecular Hbond substituents is 1. The van der Waals surface area contributed by atoms with E-state index in [1.165, 1.54) is 12.5 Å². The van der Waals surface area contributed by atoms with E-state index < -0.39 is 16.4 Å². The lowest BCUT2D eigenvalue weighted by Crippen LogP contribution is -2.29. The van der Waals surface area contributed by atoms with Gasteiger partial charge in [0.05, 0.1) is 9.95 Å². The fourth-order valence-electron chi connectivity index (χ4n) is 2.79. The summed E-state index contributed by atoms with van der Waals surface area (Å²) in [7, 11) is 0. The Morgan fingerprint density at radius 2 is 2.05 bits per heavy atom. The van der Waals surface area contributed by atoms with Gasteiger partial charge in [-0.3, -0.25) is 15.1 Å². The van der Waals surface area contributed by atoms with E-state index in [9.17, 15) is 15.2 Å². The SMILES string of the molecule is O=[N+]([O-])c1cc(Cl)c2c(N3CCCCC3)ccnc2c1O. The maximum atomic E-state index is 11.0. The summed E-state index contributed by atoms with van der Waals surface area (Å²) >= 11 is 6.22. The summed E-state index contributed by atoms with van der Waals surface area (Å²) in [6, 6.07) is 3.03. The number of rotatable bonds is 2. The molecule has 110 valence electrons. The molecule has 2 heterocycles. The van der Waals surface area contributed by atoms with Crippen LogP contribution in [0.2, 0.25) is 5.02 Å². The van der Waals surface area contributed by atoms with E-state index in [0.29, 0.717) is 5.39 Å². The topological polar surface area (TPSA) is 79.5 Å². The molecule has 7 heteroatoms. The number of benzene rings is 1. The predicted molar refractivity (Wildman–Crippen MR) is 81.1 cm³/mol. The molecule has 0 saturated carbocycles. The maximum Gasteiger partial charge on any atom is 0.314 e. The molecule has 1 aliphatic rings. The van der Waals surface area contributed by atoms with E-state index in [-0.39, 0.29) is 10.5 Å². The zero-order chi connectivity index (χ0) is 15.0. The van der Waals surface area contributed by atoms with Crippen LogP contribution in [0.1, 0.15) is 19.3 Å².